The molecule has 6 nitrogen and oxygen atoms in total. The molecular formula is C9H13BrN2O4S. The van der Waals surface area contributed by atoms with Gasteiger partial charge in [0.05, 0.1) is 0 Å². The maximum atomic E-state index is 11.6. The van der Waals surface area contributed by atoms with E-state index >= 15 is 0 Å². The summed E-state index contributed by atoms with van der Waals surface area (Å²) in [5, 5.41) is 7.55. The molecule has 0 aliphatic carbocycles. The summed E-state index contributed by atoms with van der Waals surface area (Å²) in [4.78, 5) is 11.3. The third kappa shape index (κ3) is 3.83. The van der Waals surface area contributed by atoms with Gasteiger partial charge in [-0.05, 0) is 22.4 Å². The Labute approximate surface area is 108 Å². The van der Waals surface area contributed by atoms with E-state index in [-0.39, 0.29) is 15.3 Å². The van der Waals surface area contributed by atoms with E-state index in [1.54, 1.807) is 0 Å². The molecule has 1 amide bonds. The second-order valence-electron chi connectivity index (χ2n) is 3.40. The minimum Gasteiger partial charge on any atom is -0.443 e. The zero-order valence-electron chi connectivity index (χ0n) is 9.20. The fourth-order valence-corrected chi connectivity index (χ4v) is 2.63. The van der Waals surface area contributed by atoms with Crippen LogP contribution in [0.1, 0.15) is 30.3 Å². The van der Waals surface area contributed by atoms with Crippen molar-refractivity contribution in [2.45, 2.75) is 24.7 Å². The lowest BCUT2D eigenvalue weighted by molar-refractivity contribution is 0.0924. The van der Waals surface area contributed by atoms with Crippen LogP contribution >= 0.6 is 15.9 Å². The van der Waals surface area contributed by atoms with Crippen LogP contribution in [0.4, 0.5) is 0 Å². The highest BCUT2D eigenvalue weighted by molar-refractivity contribution is 9.10. The number of unbranched alkanes of at least 4 members (excludes halogenated alkanes) is 1. The number of hydrogen-bond acceptors (Lipinski definition) is 4. The van der Waals surface area contributed by atoms with Crippen LogP contribution in [-0.4, -0.2) is 20.9 Å². The van der Waals surface area contributed by atoms with Crippen molar-refractivity contribution in [1.29, 1.82) is 0 Å². The number of carbonyl (C=O) groups is 1. The Morgan fingerprint density at radius 3 is 2.71 bits per heavy atom. The molecule has 1 rings (SSSR count). The number of furan rings is 1. The zero-order valence-corrected chi connectivity index (χ0v) is 11.6. The first-order valence-corrected chi connectivity index (χ1v) is 7.30. The van der Waals surface area contributed by atoms with E-state index in [1.807, 2.05) is 6.92 Å². The number of rotatable bonds is 5. The van der Waals surface area contributed by atoms with Crippen LogP contribution in [0.5, 0.6) is 0 Å². The Balaban J connectivity index is 2.83. The van der Waals surface area contributed by atoms with Crippen LogP contribution in [0, 0.1) is 0 Å². The molecule has 3 N–H and O–H groups in total. The Bertz CT molecular complexity index is 509. The fourth-order valence-electron chi connectivity index (χ4n) is 1.12. The number of amides is 1. The lowest BCUT2D eigenvalue weighted by Gasteiger charge is -2.00. The smallest absolute Gasteiger partial charge is 0.287 e. The van der Waals surface area contributed by atoms with Crippen LogP contribution in [0.3, 0.4) is 0 Å². The summed E-state index contributed by atoms with van der Waals surface area (Å²) in [5.41, 5.74) is 0. The van der Waals surface area contributed by atoms with E-state index < -0.39 is 15.9 Å². The molecule has 0 bridgehead atoms. The van der Waals surface area contributed by atoms with Gasteiger partial charge >= 0.3 is 0 Å². The first-order valence-electron chi connectivity index (χ1n) is 4.96. The molecule has 0 saturated carbocycles. The van der Waals surface area contributed by atoms with E-state index in [2.05, 4.69) is 21.2 Å². The van der Waals surface area contributed by atoms with Crippen molar-refractivity contribution in [1.82, 2.24) is 5.32 Å². The number of nitrogens with one attached hydrogen (secondary N) is 1. The molecule has 0 radical (unpaired) electrons. The lowest BCUT2D eigenvalue weighted by atomic mass is 10.3. The summed E-state index contributed by atoms with van der Waals surface area (Å²) >= 11 is 2.90. The number of hydrogen-bond donors (Lipinski definition) is 2. The number of sulfonamides is 1. The monoisotopic (exact) mass is 324 g/mol. The summed E-state index contributed by atoms with van der Waals surface area (Å²) in [7, 11) is -3.89. The van der Waals surface area contributed by atoms with Gasteiger partial charge in [-0.2, -0.15) is 0 Å². The highest BCUT2D eigenvalue weighted by Crippen LogP contribution is 2.24. The quantitative estimate of drug-likeness (QED) is 0.795. The molecule has 0 saturated heterocycles. The normalized spacial score (nSPS) is 11.5. The second kappa shape index (κ2) is 5.65. The largest absolute Gasteiger partial charge is 0.443 e. The number of primary sulfonamides is 1. The topological polar surface area (TPSA) is 102 Å². The van der Waals surface area contributed by atoms with Gasteiger partial charge in [-0.25, -0.2) is 13.6 Å². The van der Waals surface area contributed by atoms with Crippen molar-refractivity contribution in [2.24, 2.45) is 5.14 Å². The second-order valence-corrected chi connectivity index (χ2v) is 5.65. The van der Waals surface area contributed by atoms with Crippen LogP contribution in [0.15, 0.2) is 20.0 Å². The van der Waals surface area contributed by atoms with Gasteiger partial charge in [0.15, 0.2) is 10.4 Å². The molecule has 0 aromatic carbocycles. The van der Waals surface area contributed by atoms with Crippen molar-refractivity contribution in [2.75, 3.05) is 6.54 Å². The Morgan fingerprint density at radius 1 is 1.59 bits per heavy atom. The Morgan fingerprint density at radius 2 is 2.24 bits per heavy atom. The predicted molar refractivity (Wildman–Crippen MR) is 65.0 cm³/mol. The molecule has 1 aromatic rings. The molecule has 0 fully saturated rings. The van der Waals surface area contributed by atoms with E-state index in [1.165, 1.54) is 0 Å². The van der Waals surface area contributed by atoms with E-state index in [9.17, 15) is 13.2 Å². The van der Waals surface area contributed by atoms with Crippen molar-refractivity contribution in [3.05, 3.63) is 16.5 Å². The molecule has 0 unspecified atom stereocenters. The molecule has 0 aliphatic rings. The van der Waals surface area contributed by atoms with Crippen molar-refractivity contribution < 1.29 is 17.6 Å². The number of carbonyl (C=O) groups excluding carboxylic acids is 1. The average molecular weight is 325 g/mol. The summed E-state index contributed by atoms with van der Waals surface area (Å²) in [6.45, 7) is 2.51. The van der Waals surface area contributed by atoms with Gasteiger partial charge in [0.1, 0.15) is 4.90 Å². The summed E-state index contributed by atoms with van der Waals surface area (Å²) < 4.78 is 27.1. The molecular weight excluding hydrogens is 312 g/mol. The lowest BCUT2D eigenvalue weighted by Crippen LogP contribution is -2.23. The Kier molecular flexibility index (Phi) is 4.72. The van der Waals surface area contributed by atoms with Crippen molar-refractivity contribution in [3.63, 3.8) is 0 Å². The van der Waals surface area contributed by atoms with E-state index in [0.29, 0.717) is 6.54 Å². The standard InChI is InChI=1S/C9H13BrN2O4S/c1-2-3-4-12-9(13)6-5-7(8(10)16-6)17(11,14)15/h5H,2-4H2,1H3,(H,12,13)(H2,11,14,15). The van der Waals surface area contributed by atoms with Gasteiger partial charge in [-0.15, -0.1) is 0 Å². The van der Waals surface area contributed by atoms with Gasteiger partial charge in [0.25, 0.3) is 5.91 Å². The number of halogens is 1. The van der Waals surface area contributed by atoms with Gasteiger partial charge < -0.3 is 9.73 Å². The molecule has 0 aliphatic heterocycles. The maximum Gasteiger partial charge on any atom is 0.287 e. The van der Waals surface area contributed by atoms with Crippen LogP contribution in [0.2, 0.25) is 0 Å². The van der Waals surface area contributed by atoms with Crippen LogP contribution in [0.25, 0.3) is 0 Å². The first-order chi connectivity index (χ1) is 7.86. The fraction of sp³-hybridized carbons (Fsp3) is 0.444. The van der Waals surface area contributed by atoms with Crippen LogP contribution < -0.4 is 10.5 Å². The Hall–Kier alpha value is -0.860. The molecule has 1 heterocycles. The summed E-state index contributed by atoms with van der Waals surface area (Å²) in [6.07, 6.45) is 1.79. The minimum absolute atomic E-state index is 0.0689. The van der Waals surface area contributed by atoms with Crippen molar-refractivity contribution >= 4 is 31.9 Å². The van der Waals surface area contributed by atoms with Gasteiger partial charge in [0, 0.05) is 12.6 Å². The minimum atomic E-state index is -3.89. The average Bonchev–Trinajstić information content (AvgIpc) is 2.60. The summed E-state index contributed by atoms with van der Waals surface area (Å²) in [6, 6.07) is 1.10. The van der Waals surface area contributed by atoms with Crippen molar-refractivity contribution in [3.8, 4) is 0 Å². The van der Waals surface area contributed by atoms with Gasteiger partial charge in [-0.3, -0.25) is 4.79 Å². The molecule has 0 atom stereocenters. The van der Waals surface area contributed by atoms with Gasteiger partial charge in [0.2, 0.25) is 10.0 Å². The highest BCUT2D eigenvalue weighted by atomic mass is 79.9. The number of nitrogens with two attached hydrogens (primary N) is 1. The van der Waals surface area contributed by atoms with E-state index in [4.69, 9.17) is 9.56 Å². The summed E-state index contributed by atoms with van der Waals surface area (Å²) in [5.74, 6) is -0.550. The molecule has 17 heavy (non-hydrogen) atoms. The third-order valence-corrected chi connectivity index (χ3v) is 3.77. The third-order valence-electron chi connectivity index (χ3n) is 2.00. The van der Waals surface area contributed by atoms with E-state index in [0.717, 1.165) is 18.9 Å². The zero-order chi connectivity index (χ0) is 13.1. The van der Waals surface area contributed by atoms with Gasteiger partial charge in [-0.1, -0.05) is 13.3 Å². The maximum absolute atomic E-state index is 11.6. The molecule has 96 valence electrons. The molecule has 0 spiro atoms. The predicted octanol–water partition coefficient (Wildman–Crippen LogP) is 1.22. The molecule has 8 heteroatoms. The first kappa shape index (κ1) is 14.2. The SMILES string of the molecule is CCCCNC(=O)c1cc(S(N)(=O)=O)c(Br)o1. The highest BCUT2D eigenvalue weighted by Gasteiger charge is 2.21. The molecule has 1 aromatic heterocycles. The van der Waals surface area contributed by atoms with Crippen LogP contribution in [-0.2, 0) is 10.0 Å².